The maximum atomic E-state index is 12.8. The van der Waals surface area contributed by atoms with Crippen molar-refractivity contribution in [2.24, 2.45) is 0 Å². The summed E-state index contributed by atoms with van der Waals surface area (Å²) in [6.07, 6.45) is 7.91. The van der Waals surface area contributed by atoms with E-state index >= 15 is 0 Å². The Bertz CT molecular complexity index is 892. The van der Waals surface area contributed by atoms with Crippen LogP contribution >= 0.6 is 0 Å². The topological polar surface area (TPSA) is 103 Å². The number of nitrogens with two attached hydrogens (primary N) is 1. The number of carbonyl (C=O) groups is 1. The first-order chi connectivity index (χ1) is 13.4. The molecule has 3 N–H and O–H groups in total. The van der Waals surface area contributed by atoms with Gasteiger partial charge in [-0.05, 0) is 45.7 Å². The standard InChI is InChI=1S/C21H30N4O3/c1-13-11-17(15(3)28-13)19-12-18(22)21(27)25(24-19)14(2)20(26)23-16-9-7-5-4-6-8-10-16/h11-12,14,16H,4-10,22H2,1-3H3,(H,23,26). The van der Waals surface area contributed by atoms with E-state index in [1.54, 1.807) is 6.92 Å². The Labute approximate surface area is 165 Å². The molecular formula is C21H30N4O3. The van der Waals surface area contributed by atoms with Crippen molar-refractivity contribution in [3.05, 3.63) is 34.0 Å². The van der Waals surface area contributed by atoms with Crippen LogP contribution in [-0.2, 0) is 4.79 Å². The van der Waals surface area contributed by atoms with Crippen molar-refractivity contribution < 1.29 is 9.21 Å². The van der Waals surface area contributed by atoms with Crippen molar-refractivity contribution in [2.45, 2.75) is 77.8 Å². The van der Waals surface area contributed by atoms with Gasteiger partial charge in [-0.15, -0.1) is 0 Å². The molecule has 3 rings (SSSR count). The number of furan rings is 1. The molecular weight excluding hydrogens is 356 g/mol. The Morgan fingerprint density at radius 3 is 2.46 bits per heavy atom. The van der Waals surface area contributed by atoms with E-state index < -0.39 is 11.6 Å². The molecule has 0 aromatic carbocycles. The zero-order valence-corrected chi connectivity index (χ0v) is 17.0. The van der Waals surface area contributed by atoms with Gasteiger partial charge in [-0.2, -0.15) is 5.10 Å². The van der Waals surface area contributed by atoms with Gasteiger partial charge in [0.2, 0.25) is 5.91 Å². The summed E-state index contributed by atoms with van der Waals surface area (Å²) in [6, 6.07) is 2.81. The molecule has 2 heterocycles. The van der Waals surface area contributed by atoms with Gasteiger partial charge in [0.1, 0.15) is 23.2 Å². The fourth-order valence-corrected chi connectivity index (χ4v) is 3.84. The molecule has 0 saturated heterocycles. The molecule has 152 valence electrons. The zero-order chi connectivity index (χ0) is 20.3. The summed E-state index contributed by atoms with van der Waals surface area (Å²) in [5, 5.41) is 7.54. The molecule has 1 saturated carbocycles. The molecule has 1 amide bonds. The van der Waals surface area contributed by atoms with E-state index in [4.69, 9.17) is 10.2 Å². The Balaban J connectivity index is 1.84. The van der Waals surface area contributed by atoms with Gasteiger partial charge in [0.25, 0.3) is 5.56 Å². The second-order valence-corrected chi connectivity index (χ2v) is 7.79. The van der Waals surface area contributed by atoms with Gasteiger partial charge in [-0.25, -0.2) is 4.68 Å². The van der Waals surface area contributed by atoms with E-state index in [0.29, 0.717) is 11.5 Å². The molecule has 1 aliphatic carbocycles. The van der Waals surface area contributed by atoms with E-state index in [-0.39, 0.29) is 17.6 Å². The molecule has 1 aliphatic rings. The fourth-order valence-electron chi connectivity index (χ4n) is 3.84. The van der Waals surface area contributed by atoms with Crippen molar-refractivity contribution in [1.82, 2.24) is 15.1 Å². The quantitative estimate of drug-likeness (QED) is 0.837. The van der Waals surface area contributed by atoms with Crippen LogP contribution in [-0.4, -0.2) is 21.7 Å². The molecule has 2 aromatic rings. The molecule has 1 atom stereocenters. The molecule has 7 nitrogen and oxygen atoms in total. The number of carbonyl (C=O) groups excluding carboxylic acids is 1. The average Bonchev–Trinajstić information content (AvgIpc) is 2.97. The lowest BCUT2D eigenvalue weighted by atomic mass is 9.96. The number of nitrogens with one attached hydrogen (secondary N) is 1. The van der Waals surface area contributed by atoms with E-state index in [1.165, 1.54) is 30.0 Å². The van der Waals surface area contributed by atoms with E-state index in [1.807, 2.05) is 19.9 Å². The highest BCUT2D eigenvalue weighted by Gasteiger charge is 2.23. The van der Waals surface area contributed by atoms with Gasteiger partial charge in [0, 0.05) is 11.6 Å². The Kier molecular flexibility index (Phi) is 6.21. The van der Waals surface area contributed by atoms with Crippen LogP contribution in [0.15, 0.2) is 21.3 Å². The highest BCUT2D eigenvalue weighted by Crippen LogP contribution is 2.25. The summed E-state index contributed by atoms with van der Waals surface area (Å²) in [7, 11) is 0. The van der Waals surface area contributed by atoms with E-state index in [0.717, 1.165) is 37.0 Å². The number of anilines is 1. The summed E-state index contributed by atoms with van der Waals surface area (Å²) in [5.74, 6) is 1.25. The zero-order valence-electron chi connectivity index (χ0n) is 17.0. The summed E-state index contributed by atoms with van der Waals surface area (Å²) < 4.78 is 6.75. The summed E-state index contributed by atoms with van der Waals surface area (Å²) in [6.45, 7) is 5.37. The second-order valence-electron chi connectivity index (χ2n) is 7.79. The molecule has 7 heteroatoms. The van der Waals surface area contributed by atoms with Crippen LogP contribution in [0.2, 0.25) is 0 Å². The normalized spacial score (nSPS) is 17.0. The summed E-state index contributed by atoms with van der Waals surface area (Å²) >= 11 is 0. The third-order valence-corrected chi connectivity index (χ3v) is 5.48. The van der Waals surface area contributed by atoms with Crippen LogP contribution in [0, 0.1) is 13.8 Å². The number of hydrogen-bond donors (Lipinski definition) is 2. The van der Waals surface area contributed by atoms with Crippen LogP contribution in [0.3, 0.4) is 0 Å². The lowest BCUT2D eigenvalue weighted by Gasteiger charge is -2.23. The molecule has 0 spiro atoms. The van der Waals surface area contributed by atoms with Crippen molar-refractivity contribution in [1.29, 1.82) is 0 Å². The number of nitrogens with zero attached hydrogens (tertiary/aromatic N) is 2. The van der Waals surface area contributed by atoms with Crippen molar-refractivity contribution in [2.75, 3.05) is 5.73 Å². The predicted octanol–water partition coefficient (Wildman–Crippen LogP) is 3.49. The van der Waals surface area contributed by atoms with Crippen LogP contribution in [0.5, 0.6) is 0 Å². The number of aromatic nitrogens is 2. The molecule has 0 aliphatic heterocycles. The molecule has 0 bridgehead atoms. The van der Waals surface area contributed by atoms with E-state index in [9.17, 15) is 9.59 Å². The Morgan fingerprint density at radius 2 is 1.86 bits per heavy atom. The fraction of sp³-hybridized carbons (Fsp3) is 0.571. The largest absolute Gasteiger partial charge is 0.466 e. The monoisotopic (exact) mass is 386 g/mol. The number of hydrogen-bond acceptors (Lipinski definition) is 5. The lowest BCUT2D eigenvalue weighted by molar-refractivity contribution is -0.125. The average molecular weight is 386 g/mol. The highest BCUT2D eigenvalue weighted by molar-refractivity contribution is 5.80. The number of rotatable bonds is 4. The SMILES string of the molecule is Cc1cc(-c2cc(N)c(=O)n(C(C)C(=O)NC3CCCCCCC3)n2)c(C)o1. The van der Waals surface area contributed by atoms with E-state index in [2.05, 4.69) is 10.4 Å². The van der Waals surface area contributed by atoms with Gasteiger partial charge >= 0.3 is 0 Å². The van der Waals surface area contributed by atoms with Crippen LogP contribution < -0.4 is 16.6 Å². The molecule has 1 unspecified atom stereocenters. The van der Waals surface area contributed by atoms with Gasteiger partial charge in [-0.3, -0.25) is 9.59 Å². The first-order valence-electron chi connectivity index (χ1n) is 10.1. The van der Waals surface area contributed by atoms with Gasteiger partial charge < -0.3 is 15.5 Å². The minimum absolute atomic E-state index is 0.0638. The van der Waals surface area contributed by atoms with Crippen molar-refractivity contribution in [3.8, 4) is 11.3 Å². The first kappa shape index (κ1) is 20.2. The van der Waals surface area contributed by atoms with Crippen LogP contribution in [0.25, 0.3) is 11.3 Å². The molecule has 2 aromatic heterocycles. The van der Waals surface area contributed by atoms with Crippen molar-refractivity contribution in [3.63, 3.8) is 0 Å². The predicted molar refractivity (Wildman–Crippen MR) is 109 cm³/mol. The third kappa shape index (κ3) is 4.46. The summed E-state index contributed by atoms with van der Waals surface area (Å²) in [4.78, 5) is 25.4. The minimum Gasteiger partial charge on any atom is -0.466 e. The maximum absolute atomic E-state index is 12.8. The molecule has 28 heavy (non-hydrogen) atoms. The number of nitrogen functional groups attached to an aromatic ring is 1. The van der Waals surface area contributed by atoms with Crippen LogP contribution in [0.4, 0.5) is 5.69 Å². The van der Waals surface area contributed by atoms with Gasteiger partial charge in [0.15, 0.2) is 0 Å². The van der Waals surface area contributed by atoms with Crippen LogP contribution in [0.1, 0.15) is 69.4 Å². The Hall–Kier alpha value is -2.57. The first-order valence-corrected chi connectivity index (χ1v) is 10.1. The van der Waals surface area contributed by atoms with Gasteiger partial charge in [0.05, 0.1) is 5.69 Å². The molecule has 0 radical (unpaired) electrons. The smallest absolute Gasteiger partial charge is 0.290 e. The van der Waals surface area contributed by atoms with Gasteiger partial charge in [-0.1, -0.05) is 32.1 Å². The number of aryl methyl sites for hydroxylation is 2. The third-order valence-electron chi connectivity index (χ3n) is 5.48. The Morgan fingerprint density at radius 1 is 1.21 bits per heavy atom. The number of amides is 1. The van der Waals surface area contributed by atoms with Crippen molar-refractivity contribution >= 4 is 11.6 Å². The lowest BCUT2D eigenvalue weighted by Crippen LogP contribution is -2.42. The minimum atomic E-state index is -0.742. The second kappa shape index (κ2) is 8.63. The molecule has 1 fully saturated rings. The summed E-state index contributed by atoms with van der Waals surface area (Å²) in [5.41, 5.74) is 6.84. The maximum Gasteiger partial charge on any atom is 0.290 e. The highest BCUT2D eigenvalue weighted by atomic mass is 16.3.